The molecule has 0 saturated heterocycles. The molecular formula is C8H13Cl2LiMg. The third kappa shape index (κ3) is 30.0. The average molecular weight is 211 g/mol. The van der Waals surface area contributed by atoms with Crippen molar-refractivity contribution in [2.24, 2.45) is 0 Å². The number of hydrogen-bond acceptors (Lipinski definition) is 0. The van der Waals surface area contributed by atoms with Crippen LogP contribution in [0.1, 0.15) is 39.0 Å². The Balaban J connectivity index is -0.0000000408. The summed E-state index contributed by atoms with van der Waals surface area (Å²) >= 11 is 0. The summed E-state index contributed by atoms with van der Waals surface area (Å²) < 4.78 is 0. The molecule has 62 valence electrons. The van der Waals surface area contributed by atoms with Crippen molar-refractivity contribution in [2.45, 2.75) is 39.0 Å². The molecule has 0 N–H and O–H groups in total. The van der Waals surface area contributed by atoms with Crippen LogP contribution in [0.2, 0.25) is 0 Å². The van der Waals surface area contributed by atoms with E-state index in [2.05, 4.69) is 12.8 Å². The number of halogens is 2. The van der Waals surface area contributed by atoms with Gasteiger partial charge in [0.15, 0.2) is 0 Å². The summed E-state index contributed by atoms with van der Waals surface area (Å²) in [5, 5.41) is 0. The van der Waals surface area contributed by atoms with E-state index >= 15 is 0 Å². The predicted octanol–water partition coefficient (Wildman–Crippen LogP) is -6.82. The van der Waals surface area contributed by atoms with Gasteiger partial charge in [-0.2, -0.15) is 0 Å². The third-order valence-corrected chi connectivity index (χ3v) is 1.16. The maximum absolute atomic E-state index is 6.59. The van der Waals surface area contributed by atoms with Crippen LogP contribution in [-0.2, 0) is 0 Å². The van der Waals surface area contributed by atoms with Crippen LogP contribution in [-0.4, -0.2) is 23.1 Å². The minimum Gasteiger partial charge on any atom is -1.00 e. The fourth-order valence-electron chi connectivity index (χ4n) is 0.640. The summed E-state index contributed by atoms with van der Waals surface area (Å²) in [6, 6.07) is 0. The quantitative estimate of drug-likeness (QED) is 0.188. The van der Waals surface area contributed by atoms with Gasteiger partial charge in [-0.05, 0) is 12.8 Å². The maximum Gasteiger partial charge on any atom is 2.00 e. The molecule has 0 unspecified atom stereocenters. The molecule has 0 atom stereocenters. The third-order valence-electron chi connectivity index (χ3n) is 1.16. The summed E-state index contributed by atoms with van der Waals surface area (Å²) in [5.41, 5.74) is 0. The molecule has 0 aliphatic heterocycles. The number of rotatable bonds is 4. The molecule has 0 amide bonds. The van der Waals surface area contributed by atoms with Crippen LogP contribution >= 0.6 is 0 Å². The van der Waals surface area contributed by atoms with Crippen LogP contribution in [0.15, 0.2) is 0 Å². The number of unbranched alkanes of at least 4 members (excludes halogenated alkanes) is 4. The van der Waals surface area contributed by atoms with Gasteiger partial charge in [-0.3, -0.25) is 0 Å². The Labute approximate surface area is 117 Å². The summed E-state index contributed by atoms with van der Waals surface area (Å²) in [6.45, 7) is 2.19. The van der Waals surface area contributed by atoms with Crippen LogP contribution in [0.25, 0.3) is 0 Å². The largest absolute Gasteiger partial charge is 2.00 e. The molecule has 0 fully saturated rings. The first-order valence-corrected chi connectivity index (χ1v) is 3.31. The average Bonchev–Trinajstić information content (AvgIpc) is 1.81. The van der Waals surface area contributed by atoms with Crippen molar-refractivity contribution in [2.75, 3.05) is 0 Å². The zero-order valence-corrected chi connectivity index (χ0v) is 10.9. The predicted molar refractivity (Wildman–Crippen MR) is 41.6 cm³/mol. The van der Waals surface area contributed by atoms with Crippen molar-refractivity contribution < 1.29 is 43.7 Å². The Morgan fingerprint density at radius 2 is 1.58 bits per heavy atom. The van der Waals surface area contributed by atoms with Gasteiger partial charge < -0.3 is 37.2 Å². The zero-order chi connectivity index (χ0) is 6.24. The van der Waals surface area contributed by atoms with Crippen LogP contribution in [0.3, 0.4) is 0 Å². The van der Waals surface area contributed by atoms with Gasteiger partial charge in [-0.25, -0.2) is 0 Å². The SMILES string of the molecule is [C-]#CCCCCCC.[Cl-].[Cl-].[Li+].[Mg+2]. The van der Waals surface area contributed by atoms with Gasteiger partial charge in [-0.15, -0.1) is 0 Å². The van der Waals surface area contributed by atoms with Gasteiger partial charge in [0.2, 0.25) is 0 Å². The molecule has 0 aliphatic carbocycles. The van der Waals surface area contributed by atoms with Gasteiger partial charge in [-0.1, -0.05) is 26.2 Å². The summed E-state index contributed by atoms with van der Waals surface area (Å²) in [7, 11) is 0. The van der Waals surface area contributed by atoms with Gasteiger partial charge in [0.05, 0.1) is 0 Å². The molecule has 0 nitrogen and oxygen atoms in total. The normalized spacial score (nSPS) is 5.67. The first-order valence-electron chi connectivity index (χ1n) is 3.31. The Morgan fingerprint density at radius 3 is 1.92 bits per heavy atom. The first-order chi connectivity index (χ1) is 3.91. The maximum atomic E-state index is 6.59. The van der Waals surface area contributed by atoms with E-state index in [4.69, 9.17) is 6.42 Å². The van der Waals surface area contributed by atoms with Gasteiger partial charge in [0, 0.05) is 0 Å². The molecule has 0 spiro atoms. The van der Waals surface area contributed by atoms with Crippen LogP contribution in [0.5, 0.6) is 0 Å². The zero-order valence-electron chi connectivity index (χ0n) is 8.00. The van der Waals surface area contributed by atoms with E-state index in [-0.39, 0.29) is 66.7 Å². The fourth-order valence-corrected chi connectivity index (χ4v) is 0.640. The van der Waals surface area contributed by atoms with Crippen molar-refractivity contribution in [1.82, 2.24) is 0 Å². The van der Waals surface area contributed by atoms with Crippen LogP contribution in [0, 0.1) is 12.3 Å². The molecule has 0 aromatic rings. The molecule has 0 radical (unpaired) electrons. The minimum absolute atomic E-state index is 0. The van der Waals surface area contributed by atoms with Gasteiger partial charge in [0.1, 0.15) is 0 Å². The fraction of sp³-hybridized carbons (Fsp3) is 0.750. The Kier molecular flexibility index (Phi) is 71.5. The van der Waals surface area contributed by atoms with Crippen LogP contribution < -0.4 is 43.7 Å². The molecule has 4 heteroatoms. The molecule has 0 rings (SSSR count). The van der Waals surface area contributed by atoms with E-state index in [1.807, 2.05) is 0 Å². The van der Waals surface area contributed by atoms with Crippen molar-refractivity contribution in [3.63, 3.8) is 0 Å². The molecule has 0 bridgehead atoms. The molecule has 0 heterocycles. The van der Waals surface area contributed by atoms with Crippen molar-refractivity contribution >= 4 is 23.1 Å². The van der Waals surface area contributed by atoms with E-state index in [0.717, 1.165) is 12.8 Å². The second-order valence-corrected chi connectivity index (χ2v) is 1.99. The van der Waals surface area contributed by atoms with Gasteiger partial charge >= 0.3 is 41.9 Å². The van der Waals surface area contributed by atoms with E-state index in [0.29, 0.717) is 0 Å². The van der Waals surface area contributed by atoms with E-state index in [9.17, 15) is 0 Å². The molecular weight excluding hydrogens is 198 g/mol. The van der Waals surface area contributed by atoms with Crippen LogP contribution in [0.4, 0.5) is 0 Å². The van der Waals surface area contributed by atoms with Crippen molar-refractivity contribution in [3.8, 4) is 5.92 Å². The Bertz CT molecular complexity index is 83.6. The Morgan fingerprint density at radius 1 is 1.08 bits per heavy atom. The summed E-state index contributed by atoms with van der Waals surface area (Å²) in [4.78, 5) is 0. The minimum atomic E-state index is 0. The van der Waals surface area contributed by atoms with Gasteiger partial charge in [0.25, 0.3) is 0 Å². The first kappa shape index (κ1) is 29.2. The smallest absolute Gasteiger partial charge is 1.00 e. The summed E-state index contributed by atoms with van der Waals surface area (Å²) in [5.74, 6) is 2.38. The molecule has 0 saturated carbocycles. The van der Waals surface area contributed by atoms with E-state index < -0.39 is 0 Å². The van der Waals surface area contributed by atoms with Crippen molar-refractivity contribution in [1.29, 1.82) is 0 Å². The molecule has 0 aliphatic rings. The number of hydrogen-bond donors (Lipinski definition) is 0. The standard InChI is InChI=1S/C8H13.2ClH.Li.Mg/c1-3-5-7-8-6-4-2;;;;/h3,5-8H2,1H3;2*1H;;/q-1;;;+1;+2/p-2. The monoisotopic (exact) mass is 210 g/mol. The van der Waals surface area contributed by atoms with E-state index in [1.54, 1.807) is 0 Å². The second-order valence-electron chi connectivity index (χ2n) is 1.99. The molecule has 12 heavy (non-hydrogen) atoms. The second kappa shape index (κ2) is 29.4. The molecule has 0 aromatic carbocycles. The van der Waals surface area contributed by atoms with E-state index in [1.165, 1.54) is 19.3 Å². The topological polar surface area (TPSA) is 0 Å². The Hall–Kier alpha value is 1.50. The summed E-state index contributed by atoms with van der Waals surface area (Å²) in [6.07, 6.45) is 12.4. The van der Waals surface area contributed by atoms with Crippen molar-refractivity contribution in [3.05, 3.63) is 6.42 Å². The molecule has 0 aromatic heterocycles.